The number of nitrogens with zero attached hydrogens (tertiary/aromatic N) is 1. The average Bonchev–Trinajstić information content (AvgIpc) is 1.85. The predicted octanol–water partition coefficient (Wildman–Crippen LogP) is -13.2. The number of carbonyl (C=O) groups is 6. The van der Waals surface area contributed by atoms with Crippen molar-refractivity contribution in [2.75, 3.05) is 46.1 Å². The van der Waals surface area contributed by atoms with Crippen LogP contribution in [-0.2, 0) is 54.1 Å². The van der Waals surface area contributed by atoms with Gasteiger partial charge in [0.1, 0.15) is 121 Å². The van der Waals surface area contributed by atoms with Gasteiger partial charge in [0, 0.05) is 25.4 Å². The summed E-state index contributed by atoms with van der Waals surface area (Å²) in [5.41, 5.74) is 0.701. The predicted molar refractivity (Wildman–Crippen MR) is 302 cm³/mol. The average molecular weight is 1300 g/mol. The molecule has 6 aliphatic rings. The van der Waals surface area contributed by atoms with Gasteiger partial charge in [-0.05, 0) is 23.3 Å². The van der Waals surface area contributed by atoms with Crippen LogP contribution in [0.25, 0.3) is 0 Å². The second kappa shape index (κ2) is 30.5. The molecule has 2 aromatic carbocycles. The fourth-order valence-electron chi connectivity index (χ4n) is 11.3. The zero-order chi connectivity index (χ0) is 66.3. The van der Waals surface area contributed by atoms with E-state index in [0.717, 1.165) is 4.90 Å². The van der Waals surface area contributed by atoms with Gasteiger partial charge in [0.05, 0.1) is 45.1 Å². The molecule has 0 radical (unpaired) electrons. The van der Waals surface area contributed by atoms with Crippen molar-refractivity contribution in [3.8, 4) is 5.75 Å². The first-order valence-corrected chi connectivity index (χ1v) is 29.0. The fraction of sp³-hybridized carbons (Fsp3) is 0.630. The van der Waals surface area contributed by atoms with Crippen LogP contribution < -0.4 is 52.6 Å². The number of rotatable bonds is 17. The first kappa shape index (κ1) is 69.8. The Labute approximate surface area is 517 Å². The van der Waals surface area contributed by atoms with Gasteiger partial charge in [0.2, 0.25) is 41.7 Å². The van der Waals surface area contributed by atoms with Crippen molar-refractivity contribution >= 4 is 47.4 Å². The Morgan fingerprint density at radius 2 is 1.12 bits per heavy atom. The van der Waals surface area contributed by atoms with E-state index in [1.54, 1.807) is 37.3 Å². The molecule has 37 nitrogen and oxygen atoms in total. The number of aliphatic hydroxyl groups is 14. The van der Waals surface area contributed by atoms with Gasteiger partial charge in [-0.2, -0.15) is 0 Å². The van der Waals surface area contributed by atoms with E-state index < -0.39 is 240 Å². The lowest BCUT2D eigenvalue weighted by atomic mass is 9.92. The molecule has 0 spiro atoms. The van der Waals surface area contributed by atoms with E-state index in [1.165, 1.54) is 24.3 Å². The topological polar surface area (TPSA) is 591 Å². The van der Waals surface area contributed by atoms with Crippen LogP contribution in [0.3, 0.4) is 0 Å². The van der Waals surface area contributed by atoms with Crippen LogP contribution >= 0.6 is 0 Å². The van der Waals surface area contributed by atoms with Gasteiger partial charge in [-0.15, -0.1) is 0 Å². The van der Waals surface area contributed by atoms with Crippen molar-refractivity contribution < 1.29 is 124 Å². The maximum Gasteiger partial charge on any atom is 0.246 e. The monoisotopic (exact) mass is 1290 g/mol. The molecule has 6 saturated heterocycles. The molecular weight excluding hydrogens is 1220 g/mol. The molecule has 6 amide bonds. The zero-order valence-corrected chi connectivity index (χ0v) is 48.5. The quantitative estimate of drug-likeness (QED) is 0.0699. The van der Waals surface area contributed by atoms with Crippen molar-refractivity contribution in [3.63, 3.8) is 0 Å². The van der Waals surface area contributed by atoms with Gasteiger partial charge in [-0.1, -0.05) is 49.4 Å². The largest absolute Gasteiger partial charge is 0.462 e. The molecule has 0 aliphatic carbocycles. The normalized spacial score (nSPS) is 37.5. The second-order valence-corrected chi connectivity index (χ2v) is 22.6. The standard InChI is InChI=1S/C54H78N12O25/c1-19(21-5-3-2-4-6-21)31-47(84)60-23(11-20-7-9-22(10-8-20)87-51-43(81)40(78)44(29(18-70)90-51)91-52-42(80)39(77)37(75)28(17-69)89-52)46(83)64-32(34(72)24-12-58-53(55)62-24)49(86)65-33(48(85)61-25(15-67)45(82)57-14-30(71)63-31)35(73)26-13-59-54(56)66(26)50-41(79)38(76)36(74)27(16-68)88-50/h2-10,19,23-29,31-44,50-52,67-70,72-81H,11-18H2,1H3,(H2,56,59)(H,57,82)(H,60,84)(H,61,85)(H,63,71)(H,64,83)(H,65,86)(H3,55,58,62)/t19?,23?,24?,25?,26?,27-,28-,29-,31?,32?,33?,34?,35?,36-,37-,38+,39+,40-,41+,42+,43+,44-,50?,51+,52-/m1/s1. The molecule has 25 atom stereocenters. The minimum Gasteiger partial charge on any atom is -0.462 e. The zero-order valence-electron chi connectivity index (χ0n) is 48.5. The van der Waals surface area contributed by atoms with Crippen molar-refractivity contribution in [2.45, 2.75) is 166 Å². The summed E-state index contributed by atoms with van der Waals surface area (Å²) in [6.07, 6.45) is -31.8. The van der Waals surface area contributed by atoms with E-state index >= 15 is 9.59 Å². The van der Waals surface area contributed by atoms with E-state index in [0.29, 0.717) is 5.56 Å². The Kier molecular flexibility index (Phi) is 23.4. The van der Waals surface area contributed by atoms with Crippen LogP contribution in [-0.4, -0.2) is 316 Å². The second-order valence-electron chi connectivity index (χ2n) is 22.6. The van der Waals surface area contributed by atoms with E-state index in [4.69, 9.17) is 34.5 Å². The first-order chi connectivity index (χ1) is 43.3. The molecule has 2 aromatic rings. The third-order valence-electron chi connectivity index (χ3n) is 16.6. The lowest BCUT2D eigenvalue weighted by molar-refractivity contribution is -0.352. The van der Waals surface area contributed by atoms with Gasteiger partial charge >= 0.3 is 0 Å². The Morgan fingerprint density at radius 3 is 1.75 bits per heavy atom. The van der Waals surface area contributed by atoms with Crippen LogP contribution in [0.5, 0.6) is 5.75 Å². The third kappa shape index (κ3) is 15.7. The molecule has 6 heterocycles. The Balaban J connectivity index is 1.11. The molecule has 25 N–H and O–H groups in total. The molecule has 0 bridgehead atoms. The summed E-state index contributed by atoms with van der Waals surface area (Å²) in [6, 6.07) is 0.708. The Morgan fingerprint density at radius 1 is 0.549 bits per heavy atom. The number of guanidine groups is 2. The summed E-state index contributed by atoms with van der Waals surface area (Å²) in [7, 11) is 0. The molecule has 91 heavy (non-hydrogen) atoms. The van der Waals surface area contributed by atoms with E-state index in [2.05, 4.69) is 47.9 Å². The summed E-state index contributed by atoms with van der Waals surface area (Å²) >= 11 is 0. The molecule has 6 fully saturated rings. The highest BCUT2D eigenvalue weighted by molar-refractivity contribution is 5.98. The molecule has 0 saturated carbocycles. The number of benzene rings is 2. The summed E-state index contributed by atoms with van der Waals surface area (Å²) in [5, 5.41) is 189. The van der Waals surface area contributed by atoms with E-state index in [-0.39, 0.29) is 23.8 Å². The summed E-state index contributed by atoms with van der Waals surface area (Å²) in [5.74, 6) is -9.31. The Bertz CT molecular complexity index is 2870. The minimum atomic E-state index is -2.36. The molecule has 6 aliphatic heterocycles. The minimum absolute atomic E-state index is 0.0783. The van der Waals surface area contributed by atoms with Crippen LogP contribution in [0, 0.1) is 10.8 Å². The smallest absolute Gasteiger partial charge is 0.246 e. The number of amides is 6. The number of carbonyl (C=O) groups excluding carboxylic acids is 6. The van der Waals surface area contributed by atoms with Crippen molar-refractivity contribution in [1.29, 1.82) is 10.8 Å². The van der Waals surface area contributed by atoms with Crippen LogP contribution in [0.2, 0.25) is 0 Å². The summed E-state index contributed by atoms with van der Waals surface area (Å²) in [4.78, 5) is 87.8. The number of hydrogen-bond donors (Lipinski definition) is 25. The van der Waals surface area contributed by atoms with Gasteiger partial charge in [-0.25, -0.2) is 0 Å². The molecule has 11 unspecified atom stereocenters. The maximum atomic E-state index is 15.1. The molecular formula is C54H78N12O25. The summed E-state index contributed by atoms with van der Waals surface area (Å²) in [6.45, 7) is -3.88. The van der Waals surface area contributed by atoms with Crippen LogP contribution in [0.15, 0.2) is 54.6 Å². The van der Waals surface area contributed by atoms with Crippen molar-refractivity contribution in [2.24, 2.45) is 0 Å². The molecule has 8 rings (SSSR count). The van der Waals surface area contributed by atoms with E-state index in [9.17, 15) is 90.7 Å². The number of nitrogens with one attached hydrogen (secondary N) is 11. The van der Waals surface area contributed by atoms with Crippen molar-refractivity contribution in [1.82, 2.24) is 52.8 Å². The van der Waals surface area contributed by atoms with Gasteiger partial charge in [0.25, 0.3) is 0 Å². The number of ether oxygens (including phenoxy) is 5. The van der Waals surface area contributed by atoms with Gasteiger partial charge in [-0.3, -0.25) is 39.6 Å². The molecule has 504 valence electrons. The lowest BCUT2D eigenvalue weighted by Crippen LogP contribution is -2.69. The fourth-order valence-corrected chi connectivity index (χ4v) is 11.3. The highest BCUT2D eigenvalue weighted by atomic mass is 16.7. The molecule has 0 aromatic heterocycles. The number of hydrogen-bond acceptors (Lipinski definition) is 27. The Hall–Kier alpha value is -7.12. The SMILES string of the molecule is CC(c1ccccc1)C1NC(=O)CNC(=O)C(CO)NC(=O)C(C(O)C2CNC(=N)N2C2O[C@H](CO)[C@@H](O)[C@H](O)[C@@H]2O)NC(=O)C(C(O)C2CNC(=N)N2)NC(=O)C(Cc2ccc(O[C@H]3O[C@H](CO)[C@@H](O[C@H]4O[C@H](CO)[C@@H](O)[C@H](O)[C@@H]4O)[C@H](O)[C@@H]3O)cc2)NC1=O. The summed E-state index contributed by atoms with van der Waals surface area (Å²) < 4.78 is 28.2. The highest BCUT2D eigenvalue weighted by Crippen LogP contribution is 2.32. The van der Waals surface area contributed by atoms with Gasteiger partial charge in [0.15, 0.2) is 24.4 Å². The number of aliphatic hydroxyl groups excluding tert-OH is 14. The highest BCUT2D eigenvalue weighted by Gasteiger charge is 2.54. The van der Waals surface area contributed by atoms with Crippen LogP contribution in [0.4, 0.5) is 0 Å². The third-order valence-corrected chi connectivity index (χ3v) is 16.6. The first-order valence-electron chi connectivity index (χ1n) is 29.0. The maximum absolute atomic E-state index is 15.1. The lowest BCUT2D eigenvalue weighted by Gasteiger charge is -2.46. The van der Waals surface area contributed by atoms with Crippen LogP contribution in [0.1, 0.15) is 24.0 Å². The van der Waals surface area contributed by atoms with Gasteiger partial charge < -0.3 is 148 Å². The van der Waals surface area contributed by atoms with E-state index in [1.807, 2.05) is 0 Å². The van der Waals surface area contributed by atoms with Crippen molar-refractivity contribution in [3.05, 3.63) is 65.7 Å². The molecule has 37 heteroatoms.